The van der Waals surface area contributed by atoms with Crippen LogP contribution in [-0.2, 0) is 14.6 Å². The van der Waals surface area contributed by atoms with E-state index in [-0.39, 0.29) is 17.2 Å². The van der Waals surface area contributed by atoms with Crippen LogP contribution >= 0.6 is 11.6 Å². The van der Waals surface area contributed by atoms with E-state index in [1.54, 1.807) is 37.3 Å². The first-order valence-corrected chi connectivity index (χ1v) is 9.62. The third-order valence-corrected chi connectivity index (χ3v) is 8.01. The van der Waals surface area contributed by atoms with Gasteiger partial charge in [-0.1, -0.05) is 29.3 Å². The van der Waals surface area contributed by atoms with Crippen LogP contribution < -0.4 is 0 Å². The number of carbonyl (C=O) groups excluding carboxylic acids is 1. The molecule has 1 aromatic carbocycles. The monoisotopic (exact) mass is 354 g/mol. The number of benzene rings is 1. The Morgan fingerprint density at radius 1 is 1.22 bits per heavy atom. The molecular weight excluding hydrogens is 336 g/mol. The third-order valence-electron chi connectivity index (χ3n) is 5.41. The molecule has 0 spiro atoms. The van der Waals surface area contributed by atoms with Crippen LogP contribution in [0, 0.1) is 11.8 Å². The normalized spacial score (nSPS) is 34.1. The first-order valence-electron chi connectivity index (χ1n) is 7.54. The summed E-state index contributed by atoms with van der Waals surface area (Å²) in [6.45, 7) is 3.63. The second kappa shape index (κ2) is 5.43. The van der Waals surface area contributed by atoms with Crippen LogP contribution in [0.1, 0.15) is 20.3 Å². The molecule has 1 fully saturated rings. The number of fused-ring (bicyclic) bond motifs is 2. The van der Waals surface area contributed by atoms with Crippen LogP contribution in [-0.4, -0.2) is 36.0 Å². The number of allylic oxidation sites excluding steroid dienone is 1. The summed E-state index contributed by atoms with van der Waals surface area (Å²) in [4.78, 5) is 13.0. The number of Topliss-reactive ketones (excluding diaryl/α,β-unsaturated/α-hetero) is 1. The van der Waals surface area contributed by atoms with Crippen LogP contribution in [0.3, 0.4) is 0 Å². The van der Waals surface area contributed by atoms with E-state index >= 15 is 0 Å². The van der Waals surface area contributed by atoms with Crippen molar-refractivity contribution < 1.29 is 18.3 Å². The summed E-state index contributed by atoms with van der Waals surface area (Å²) in [5.41, 5.74) is -0.0128. The van der Waals surface area contributed by atoms with Gasteiger partial charge in [0.2, 0.25) is 0 Å². The Kier molecular flexibility index (Phi) is 3.94. The minimum absolute atomic E-state index is 0.213. The molecule has 3 aliphatic carbocycles. The first-order chi connectivity index (χ1) is 10.7. The second-order valence-electron chi connectivity index (χ2n) is 6.45. The number of aliphatic hydroxyl groups is 1. The van der Waals surface area contributed by atoms with Crippen molar-refractivity contribution in [2.24, 2.45) is 11.8 Å². The maximum atomic E-state index is 13.0. The van der Waals surface area contributed by atoms with Gasteiger partial charge in [0, 0.05) is 5.92 Å². The smallest absolute Gasteiger partial charge is 0.182 e. The molecule has 0 aromatic heterocycles. The molecule has 4 atom stereocenters. The minimum atomic E-state index is -3.65. The van der Waals surface area contributed by atoms with E-state index in [4.69, 9.17) is 11.6 Å². The van der Waals surface area contributed by atoms with E-state index in [0.717, 1.165) is 11.1 Å². The molecule has 0 saturated heterocycles. The summed E-state index contributed by atoms with van der Waals surface area (Å²) in [7, 11) is -3.65. The SMILES string of the molecule is CC1=C(C)[C@@H]2C[C@H](S(=O)(=O)c3ccccc3)[C@H]1C(=O)[C@]2(O)CCl. The molecule has 3 aliphatic rings. The Morgan fingerprint density at radius 2 is 1.83 bits per heavy atom. The predicted octanol–water partition coefficient (Wildman–Crippen LogP) is 2.35. The highest BCUT2D eigenvalue weighted by atomic mass is 35.5. The summed E-state index contributed by atoms with van der Waals surface area (Å²) in [5, 5.41) is 9.83. The predicted molar refractivity (Wildman–Crippen MR) is 88.1 cm³/mol. The van der Waals surface area contributed by atoms with E-state index in [1.807, 2.05) is 6.92 Å². The van der Waals surface area contributed by atoms with E-state index < -0.39 is 38.3 Å². The van der Waals surface area contributed by atoms with Crippen molar-refractivity contribution in [3.63, 3.8) is 0 Å². The molecule has 0 amide bonds. The van der Waals surface area contributed by atoms with Gasteiger partial charge in [0.1, 0.15) is 5.60 Å². The average Bonchev–Trinajstić information content (AvgIpc) is 2.55. The lowest BCUT2D eigenvalue weighted by molar-refractivity contribution is -0.148. The van der Waals surface area contributed by atoms with Gasteiger partial charge in [-0.15, -0.1) is 11.6 Å². The topological polar surface area (TPSA) is 71.4 Å². The Labute approximate surface area is 141 Å². The molecule has 2 bridgehead atoms. The second-order valence-corrected chi connectivity index (χ2v) is 8.88. The summed E-state index contributed by atoms with van der Waals surface area (Å²) < 4.78 is 26.0. The lowest BCUT2D eigenvalue weighted by Crippen LogP contribution is -2.63. The van der Waals surface area contributed by atoms with Crippen molar-refractivity contribution in [1.29, 1.82) is 0 Å². The van der Waals surface area contributed by atoms with Crippen LogP contribution in [0.4, 0.5) is 0 Å². The molecule has 0 aliphatic heterocycles. The zero-order chi connectivity index (χ0) is 17.0. The van der Waals surface area contributed by atoms with Gasteiger partial charge in [0.05, 0.1) is 21.9 Å². The highest BCUT2D eigenvalue weighted by Crippen LogP contribution is 2.51. The zero-order valence-electron chi connectivity index (χ0n) is 13.0. The lowest BCUT2D eigenvalue weighted by Gasteiger charge is -2.50. The molecule has 0 unspecified atom stereocenters. The molecule has 4 nitrogen and oxygen atoms in total. The van der Waals surface area contributed by atoms with Gasteiger partial charge < -0.3 is 5.11 Å². The molecular formula is C17H19ClO4S. The summed E-state index contributed by atoms with van der Waals surface area (Å²) in [6, 6.07) is 8.17. The Morgan fingerprint density at radius 3 is 2.39 bits per heavy atom. The number of alkyl halides is 1. The van der Waals surface area contributed by atoms with Crippen molar-refractivity contribution in [2.45, 2.75) is 36.0 Å². The maximum absolute atomic E-state index is 13.0. The largest absolute Gasteiger partial charge is 0.380 e. The number of hydrogen-bond acceptors (Lipinski definition) is 4. The van der Waals surface area contributed by atoms with E-state index in [9.17, 15) is 18.3 Å². The van der Waals surface area contributed by atoms with E-state index in [2.05, 4.69) is 0 Å². The van der Waals surface area contributed by atoms with Crippen LogP contribution in [0.25, 0.3) is 0 Å². The molecule has 1 N–H and O–H groups in total. The Hall–Kier alpha value is -1.17. The molecule has 6 heteroatoms. The average molecular weight is 355 g/mol. The number of sulfone groups is 1. The standard InChI is InChI=1S/C17H19ClO4S/c1-10-11(2)15-14(8-13(10)17(20,9-18)16(15)19)23(21,22)12-6-4-3-5-7-12/h3-7,13-15,20H,8-9H2,1-2H3/t13-,14-,15-,17-/m0/s1. The number of hydrogen-bond donors (Lipinski definition) is 1. The van der Waals surface area contributed by atoms with E-state index in [1.165, 1.54) is 0 Å². The zero-order valence-corrected chi connectivity index (χ0v) is 14.6. The van der Waals surface area contributed by atoms with Crippen LogP contribution in [0.15, 0.2) is 46.4 Å². The van der Waals surface area contributed by atoms with Gasteiger partial charge in [-0.05, 0) is 32.4 Å². The lowest BCUT2D eigenvalue weighted by atomic mass is 9.59. The van der Waals surface area contributed by atoms with E-state index in [0.29, 0.717) is 0 Å². The quantitative estimate of drug-likeness (QED) is 0.668. The van der Waals surface area contributed by atoms with Gasteiger partial charge in [0.25, 0.3) is 0 Å². The number of halogens is 1. The molecule has 4 rings (SSSR count). The van der Waals surface area contributed by atoms with Crippen molar-refractivity contribution in [3.8, 4) is 0 Å². The highest BCUT2D eigenvalue weighted by Gasteiger charge is 2.61. The Bertz CT molecular complexity index is 784. The fourth-order valence-electron chi connectivity index (χ4n) is 3.95. The number of carbonyl (C=O) groups is 1. The van der Waals surface area contributed by atoms with Crippen molar-refractivity contribution in [3.05, 3.63) is 41.5 Å². The third kappa shape index (κ3) is 2.21. The summed E-state index contributed by atoms with van der Waals surface area (Å²) in [5.74, 6) is -2.04. The summed E-state index contributed by atoms with van der Waals surface area (Å²) in [6.07, 6.45) is 0.222. The van der Waals surface area contributed by atoms with Crippen LogP contribution in [0.5, 0.6) is 0 Å². The fourth-order valence-corrected chi connectivity index (χ4v) is 6.29. The van der Waals surface area contributed by atoms with Crippen LogP contribution in [0.2, 0.25) is 0 Å². The molecule has 0 radical (unpaired) electrons. The van der Waals surface area contributed by atoms with Crippen molar-refractivity contribution >= 4 is 27.2 Å². The first kappa shape index (κ1) is 16.7. The molecule has 0 heterocycles. The molecule has 1 saturated carbocycles. The Balaban J connectivity index is 2.12. The summed E-state index contributed by atoms with van der Waals surface area (Å²) >= 11 is 5.86. The molecule has 23 heavy (non-hydrogen) atoms. The van der Waals surface area contributed by atoms with Gasteiger partial charge >= 0.3 is 0 Å². The minimum Gasteiger partial charge on any atom is -0.380 e. The van der Waals surface area contributed by atoms with Gasteiger partial charge in [0.15, 0.2) is 15.6 Å². The van der Waals surface area contributed by atoms with Crippen molar-refractivity contribution in [1.82, 2.24) is 0 Å². The van der Waals surface area contributed by atoms with Gasteiger partial charge in [-0.3, -0.25) is 4.79 Å². The van der Waals surface area contributed by atoms with Crippen molar-refractivity contribution in [2.75, 3.05) is 5.88 Å². The number of rotatable bonds is 3. The highest BCUT2D eigenvalue weighted by molar-refractivity contribution is 7.92. The van der Waals surface area contributed by atoms with Gasteiger partial charge in [-0.2, -0.15) is 0 Å². The van der Waals surface area contributed by atoms with Gasteiger partial charge in [-0.25, -0.2) is 8.42 Å². The molecule has 1 aromatic rings. The number of ketones is 1. The maximum Gasteiger partial charge on any atom is 0.182 e. The molecule has 124 valence electrons. The fraction of sp³-hybridized carbons (Fsp3) is 0.471.